The third-order valence-electron chi connectivity index (χ3n) is 3.74. The van der Waals surface area contributed by atoms with Crippen molar-refractivity contribution in [3.05, 3.63) is 84.9 Å². The van der Waals surface area contributed by atoms with Crippen LogP contribution in [0.3, 0.4) is 0 Å². The Balaban J connectivity index is 2.27. The fourth-order valence-electron chi connectivity index (χ4n) is 2.84. The van der Waals surface area contributed by atoms with Crippen LogP contribution in [0.1, 0.15) is 1.37 Å². The van der Waals surface area contributed by atoms with Crippen molar-refractivity contribution < 1.29 is 1.37 Å². The second kappa shape index (κ2) is 4.50. The standard InChI is InChI=1S/C20H14/c1-2-8-15(9-3-1)20-18-12-6-4-10-16(18)14-17-11-5-7-13-19(17)20/h1-14H/i12D. The van der Waals surface area contributed by atoms with Crippen LogP contribution in [-0.4, -0.2) is 0 Å². The van der Waals surface area contributed by atoms with Crippen molar-refractivity contribution in [1.82, 2.24) is 0 Å². The predicted octanol–water partition coefficient (Wildman–Crippen LogP) is 5.66. The largest absolute Gasteiger partial charge is 0.0629 e. The van der Waals surface area contributed by atoms with Crippen molar-refractivity contribution in [3.63, 3.8) is 0 Å². The Kier molecular flexibility index (Phi) is 2.30. The second-order valence-corrected chi connectivity index (χ2v) is 4.97. The van der Waals surface area contributed by atoms with Gasteiger partial charge in [-0.05, 0) is 38.7 Å². The molecule has 0 fully saturated rings. The summed E-state index contributed by atoms with van der Waals surface area (Å²) in [5, 5.41) is 4.58. The number of hydrogen-bond acceptors (Lipinski definition) is 0. The molecule has 0 saturated carbocycles. The van der Waals surface area contributed by atoms with Crippen LogP contribution in [0.2, 0.25) is 0 Å². The van der Waals surface area contributed by atoms with E-state index < -0.39 is 0 Å². The van der Waals surface area contributed by atoms with Crippen LogP contribution in [0, 0.1) is 0 Å². The van der Waals surface area contributed by atoms with Crippen LogP contribution < -0.4 is 0 Å². The van der Waals surface area contributed by atoms with Gasteiger partial charge < -0.3 is 0 Å². The lowest BCUT2D eigenvalue weighted by Gasteiger charge is -2.11. The zero-order valence-electron chi connectivity index (χ0n) is 12.0. The van der Waals surface area contributed by atoms with Crippen molar-refractivity contribution in [2.24, 2.45) is 0 Å². The third kappa shape index (κ3) is 1.70. The molecule has 0 nitrogen and oxygen atoms in total. The number of hydrogen-bond donors (Lipinski definition) is 0. The Labute approximate surface area is 119 Å². The van der Waals surface area contributed by atoms with Crippen LogP contribution in [0.25, 0.3) is 32.7 Å². The van der Waals surface area contributed by atoms with E-state index in [1.807, 2.05) is 18.2 Å². The molecule has 0 aliphatic rings. The van der Waals surface area contributed by atoms with Gasteiger partial charge in [0.05, 0.1) is 1.37 Å². The van der Waals surface area contributed by atoms with E-state index in [0.717, 1.165) is 16.3 Å². The van der Waals surface area contributed by atoms with Gasteiger partial charge in [0.1, 0.15) is 0 Å². The van der Waals surface area contributed by atoms with E-state index in [-0.39, 0.29) is 0 Å². The lowest BCUT2D eigenvalue weighted by atomic mass is 9.92. The zero-order chi connectivity index (χ0) is 14.2. The van der Waals surface area contributed by atoms with E-state index in [0.29, 0.717) is 6.04 Å². The minimum atomic E-state index is 0.581. The summed E-state index contributed by atoms with van der Waals surface area (Å²) in [5.41, 5.74) is 2.33. The summed E-state index contributed by atoms with van der Waals surface area (Å²) in [6.07, 6.45) is 0. The van der Waals surface area contributed by atoms with Gasteiger partial charge in [-0.3, -0.25) is 0 Å². The Morgan fingerprint density at radius 1 is 0.600 bits per heavy atom. The van der Waals surface area contributed by atoms with Crippen LogP contribution in [-0.2, 0) is 0 Å². The molecular formula is C20H14. The highest BCUT2D eigenvalue weighted by Crippen LogP contribution is 2.35. The molecule has 0 saturated heterocycles. The van der Waals surface area contributed by atoms with Crippen molar-refractivity contribution in [3.8, 4) is 11.1 Å². The van der Waals surface area contributed by atoms with Crippen LogP contribution in [0.5, 0.6) is 0 Å². The van der Waals surface area contributed by atoms with Crippen LogP contribution >= 0.6 is 0 Å². The van der Waals surface area contributed by atoms with Gasteiger partial charge in [0.2, 0.25) is 0 Å². The highest BCUT2D eigenvalue weighted by atomic mass is 14.1. The van der Waals surface area contributed by atoms with Crippen molar-refractivity contribution in [1.29, 1.82) is 0 Å². The van der Waals surface area contributed by atoms with Gasteiger partial charge in [0.25, 0.3) is 0 Å². The summed E-state index contributed by atoms with van der Waals surface area (Å²) in [5.74, 6) is 0. The summed E-state index contributed by atoms with van der Waals surface area (Å²) in [6, 6.07) is 27.4. The molecule has 4 aromatic carbocycles. The molecule has 0 aliphatic carbocycles. The normalized spacial score (nSPS) is 11.7. The lowest BCUT2D eigenvalue weighted by Crippen LogP contribution is -1.84. The molecule has 4 aromatic rings. The Morgan fingerprint density at radius 2 is 1.25 bits per heavy atom. The molecule has 0 aromatic heterocycles. The quantitative estimate of drug-likeness (QED) is 0.385. The number of benzene rings is 4. The molecule has 0 heteroatoms. The topological polar surface area (TPSA) is 0 Å². The smallest absolute Gasteiger partial charge is 0.0622 e. The fourth-order valence-corrected chi connectivity index (χ4v) is 2.84. The first-order chi connectivity index (χ1) is 10.3. The summed E-state index contributed by atoms with van der Waals surface area (Å²) in [6.45, 7) is 0. The molecule has 0 N–H and O–H groups in total. The molecule has 0 bridgehead atoms. The molecule has 0 unspecified atom stereocenters. The predicted molar refractivity (Wildman–Crippen MR) is 86.9 cm³/mol. The molecule has 0 heterocycles. The van der Waals surface area contributed by atoms with Gasteiger partial charge in [0, 0.05) is 0 Å². The summed E-state index contributed by atoms with van der Waals surface area (Å²) >= 11 is 0. The second-order valence-electron chi connectivity index (χ2n) is 4.97. The molecule has 20 heavy (non-hydrogen) atoms. The molecule has 94 valence electrons. The van der Waals surface area contributed by atoms with E-state index in [1.165, 1.54) is 16.3 Å². The maximum atomic E-state index is 8.33. The molecule has 0 atom stereocenters. The lowest BCUT2D eigenvalue weighted by molar-refractivity contribution is 1.67. The highest BCUT2D eigenvalue weighted by molar-refractivity contribution is 6.12. The van der Waals surface area contributed by atoms with E-state index in [2.05, 4.69) is 60.7 Å². The Morgan fingerprint density at radius 3 is 2.10 bits per heavy atom. The van der Waals surface area contributed by atoms with Crippen molar-refractivity contribution in [2.75, 3.05) is 0 Å². The first-order valence-electron chi connectivity index (χ1n) is 7.31. The Bertz CT molecular complexity index is 940. The monoisotopic (exact) mass is 255 g/mol. The molecule has 0 aliphatic heterocycles. The van der Waals surface area contributed by atoms with E-state index in [4.69, 9.17) is 1.37 Å². The fraction of sp³-hybridized carbons (Fsp3) is 0. The van der Waals surface area contributed by atoms with Crippen LogP contribution in [0.4, 0.5) is 0 Å². The summed E-state index contributed by atoms with van der Waals surface area (Å²) in [4.78, 5) is 0. The molecule has 0 spiro atoms. The van der Waals surface area contributed by atoms with Crippen molar-refractivity contribution >= 4 is 21.5 Å². The number of rotatable bonds is 1. The molecule has 0 radical (unpaired) electrons. The average molecular weight is 255 g/mol. The first-order valence-corrected chi connectivity index (χ1v) is 6.81. The van der Waals surface area contributed by atoms with E-state index >= 15 is 0 Å². The maximum absolute atomic E-state index is 8.33. The number of fused-ring (bicyclic) bond motifs is 2. The average Bonchev–Trinajstić information content (AvgIpc) is 2.54. The first kappa shape index (κ1) is 10.2. The zero-order valence-corrected chi connectivity index (χ0v) is 11.0. The minimum Gasteiger partial charge on any atom is -0.0622 e. The maximum Gasteiger partial charge on any atom is 0.0629 e. The van der Waals surface area contributed by atoms with Crippen molar-refractivity contribution in [2.45, 2.75) is 0 Å². The highest BCUT2D eigenvalue weighted by Gasteiger charge is 2.08. The molecule has 0 amide bonds. The summed E-state index contributed by atoms with van der Waals surface area (Å²) in [7, 11) is 0. The molecule has 4 rings (SSSR count). The SMILES string of the molecule is [2H]c1cccc2cc3ccccc3c(-c3ccccc3)c12. The third-order valence-corrected chi connectivity index (χ3v) is 3.74. The van der Waals surface area contributed by atoms with Gasteiger partial charge in [-0.15, -0.1) is 0 Å². The van der Waals surface area contributed by atoms with E-state index in [9.17, 15) is 0 Å². The minimum absolute atomic E-state index is 0.581. The van der Waals surface area contributed by atoms with E-state index in [1.54, 1.807) is 0 Å². The molecular weight excluding hydrogens is 240 g/mol. The van der Waals surface area contributed by atoms with Gasteiger partial charge >= 0.3 is 0 Å². The van der Waals surface area contributed by atoms with Crippen LogP contribution in [0.15, 0.2) is 84.9 Å². The van der Waals surface area contributed by atoms with Gasteiger partial charge in [-0.1, -0.05) is 78.8 Å². The van der Waals surface area contributed by atoms with Gasteiger partial charge in [-0.2, -0.15) is 0 Å². The summed E-state index contributed by atoms with van der Waals surface area (Å²) < 4.78 is 8.33. The van der Waals surface area contributed by atoms with Gasteiger partial charge in [0.15, 0.2) is 0 Å². The van der Waals surface area contributed by atoms with Gasteiger partial charge in [-0.25, -0.2) is 0 Å². The Hall–Kier alpha value is -2.60.